The number of carbonyl (C=O) groups is 1. The molecule has 0 aromatic rings. The molecule has 2 fully saturated rings. The highest BCUT2D eigenvalue weighted by atomic mass is 16.5. The van der Waals surface area contributed by atoms with Crippen LogP contribution in [0.1, 0.15) is 32.6 Å². The minimum Gasteiger partial charge on any atom is -0.468 e. The van der Waals surface area contributed by atoms with Gasteiger partial charge in [0.25, 0.3) is 0 Å². The molecule has 1 aliphatic heterocycles. The van der Waals surface area contributed by atoms with Crippen molar-refractivity contribution in [1.29, 1.82) is 0 Å². The first kappa shape index (κ1) is 14.8. The van der Waals surface area contributed by atoms with Gasteiger partial charge in [0, 0.05) is 25.2 Å². The van der Waals surface area contributed by atoms with Crippen molar-refractivity contribution in [1.82, 2.24) is 5.32 Å². The van der Waals surface area contributed by atoms with Crippen LogP contribution in [0.4, 0.5) is 0 Å². The predicted octanol–water partition coefficient (Wildman–Crippen LogP) is 1.11. The monoisotopic (exact) mass is 271 g/mol. The van der Waals surface area contributed by atoms with Crippen LogP contribution in [-0.2, 0) is 19.0 Å². The van der Waals surface area contributed by atoms with Crippen molar-refractivity contribution in [2.75, 3.05) is 33.5 Å². The van der Waals surface area contributed by atoms with Crippen molar-refractivity contribution < 1.29 is 19.0 Å². The van der Waals surface area contributed by atoms with Gasteiger partial charge in [-0.15, -0.1) is 0 Å². The van der Waals surface area contributed by atoms with E-state index in [1.165, 1.54) is 7.11 Å². The molecule has 1 saturated heterocycles. The molecule has 2 aliphatic rings. The van der Waals surface area contributed by atoms with Crippen molar-refractivity contribution in [3.8, 4) is 0 Å². The third kappa shape index (κ3) is 4.44. The molecule has 1 aliphatic carbocycles. The molecule has 110 valence electrons. The van der Waals surface area contributed by atoms with Gasteiger partial charge in [-0.2, -0.15) is 0 Å². The summed E-state index contributed by atoms with van der Waals surface area (Å²) in [4.78, 5) is 11.9. The van der Waals surface area contributed by atoms with Crippen LogP contribution in [0.5, 0.6) is 0 Å². The van der Waals surface area contributed by atoms with Gasteiger partial charge >= 0.3 is 5.97 Å². The lowest BCUT2D eigenvalue weighted by Gasteiger charge is -2.28. The number of esters is 1. The molecule has 1 N–H and O–H groups in total. The lowest BCUT2D eigenvalue weighted by molar-refractivity contribution is -0.149. The number of hydrogen-bond acceptors (Lipinski definition) is 5. The number of methoxy groups -OCH3 is 1. The average molecular weight is 271 g/mol. The molecule has 0 bridgehead atoms. The second-order valence-electron chi connectivity index (χ2n) is 5.80. The molecular formula is C14H25NO4. The molecule has 5 nitrogen and oxygen atoms in total. The third-order valence-electron chi connectivity index (χ3n) is 3.86. The van der Waals surface area contributed by atoms with E-state index in [2.05, 4.69) is 5.32 Å². The molecule has 0 radical (unpaired) electrons. The molecule has 2 unspecified atom stereocenters. The number of hydrogen-bond donors (Lipinski definition) is 1. The molecular weight excluding hydrogens is 246 g/mol. The van der Waals surface area contributed by atoms with Crippen molar-refractivity contribution in [2.45, 2.75) is 44.2 Å². The van der Waals surface area contributed by atoms with Gasteiger partial charge in [0.05, 0.1) is 20.3 Å². The fourth-order valence-corrected chi connectivity index (χ4v) is 2.38. The summed E-state index contributed by atoms with van der Waals surface area (Å²) >= 11 is 0. The third-order valence-corrected chi connectivity index (χ3v) is 3.86. The Labute approximate surface area is 115 Å². The summed E-state index contributed by atoms with van der Waals surface area (Å²) in [5.74, 6) is 0.313. The summed E-state index contributed by atoms with van der Waals surface area (Å²) in [6.45, 7) is 4.84. The molecule has 1 saturated carbocycles. The zero-order valence-corrected chi connectivity index (χ0v) is 11.9. The smallest absolute Gasteiger partial charge is 0.325 e. The standard InChI is InChI=1S/C14H25NO4/c1-14(13(16)17-2,15-12-3-4-12)6-8-19-10-11-5-7-18-9-11/h11-12,15H,3-10H2,1-2H3. The molecule has 2 atom stereocenters. The number of ether oxygens (including phenoxy) is 3. The van der Waals surface area contributed by atoms with Crippen LogP contribution in [0.3, 0.4) is 0 Å². The van der Waals surface area contributed by atoms with E-state index in [0.29, 0.717) is 25.0 Å². The van der Waals surface area contributed by atoms with Crippen molar-refractivity contribution in [2.24, 2.45) is 5.92 Å². The zero-order chi connectivity index (χ0) is 13.7. The average Bonchev–Trinajstić information content (AvgIpc) is 3.06. The Bertz CT molecular complexity index is 300. The van der Waals surface area contributed by atoms with Crippen LogP contribution in [0, 0.1) is 5.92 Å². The summed E-state index contributed by atoms with van der Waals surface area (Å²) in [5, 5.41) is 3.37. The second kappa shape index (κ2) is 6.68. The predicted molar refractivity (Wildman–Crippen MR) is 70.9 cm³/mol. The Hall–Kier alpha value is -0.650. The van der Waals surface area contributed by atoms with Crippen molar-refractivity contribution >= 4 is 5.97 Å². The van der Waals surface area contributed by atoms with Crippen LogP contribution in [-0.4, -0.2) is 51.1 Å². The highest BCUT2D eigenvalue weighted by Crippen LogP contribution is 2.25. The largest absolute Gasteiger partial charge is 0.468 e. The maximum Gasteiger partial charge on any atom is 0.325 e. The van der Waals surface area contributed by atoms with Gasteiger partial charge < -0.3 is 14.2 Å². The van der Waals surface area contributed by atoms with Crippen molar-refractivity contribution in [3.05, 3.63) is 0 Å². The SMILES string of the molecule is COC(=O)C(C)(CCOCC1CCOC1)NC1CC1. The van der Waals surface area contributed by atoms with E-state index >= 15 is 0 Å². The van der Waals surface area contributed by atoms with E-state index in [4.69, 9.17) is 14.2 Å². The Morgan fingerprint density at radius 3 is 2.79 bits per heavy atom. The summed E-state index contributed by atoms with van der Waals surface area (Å²) in [5.41, 5.74) is -0.623. The first-order valence-corrected chi connectivity index (χ1v) is 7.15. The first-order valence-electron chi connectivity index (χ1n) is 7.15. The summed E-state index contributed by atoms with van der Waals surface area (Å²) in [7, 11) is 1.44. The van der Waals surface area contributed by atoms with Gasteiger partial charge in [-0.3, -0.25) is 10.1 Å². The highest BCUT2D eigenvalue weighted by molar-refractivity contribution is 5.80. The number of nitrogens with one attached hydrogen (secondary N) is 1. The molecule has 0 aromatic carbocycles. The van der Waals surface area contributed by atoms with Gasteiger partial charge in [0.2, 0.25) is 0 Å². The van der Waals surface area contributed by atoms with Gasteiger partial charge in [0.15, 0.2) is 0 Å². The van der Waals surface area contributed by atoms with Gasteiger partial charge in [-0.25, -0.2) is 0 Å². The van der Waals surface area contributed by atoms with E-state index in [-0.39, 0.29) is 5.97 Å². The van der Waals surface area contributed by atoms with Crippen LogP contribution < -0.4 is 5.32 Å². The topological polar surface area (TPSA) is 56.8 Å². The van der Waals surface area contributed by atoms with Crippen LogP contribution >= 0.6 is 0 Å². The zero-order valence-electron chi connectivity index (χ0n) is 11.9. The lowest BCUT2D eigenvalue weighted by Crippen LogP contribution is -2.52. The van der Waals surface area contributed by atoms with Crippen LogP contribution in [0.15, 0.2) is 0 Å². The maximum atomic E-state index is 11.9. The Balaban J connectivity index is 1.70. The van der Waals surface area contributed by atoms with Gasteiger partial charge in [0.1, 0.15) is 5.54 Å². The quantitative estimate of drug-likeness (QED) is 0.529. The molecule has 19 heavy (non-hydrogen) atoms. The number of rotatable bonds is 8. The molecule has 1 heterocycles. The second-order valence-corrected chi connectivity index (χ2v) is 5.80. The normalized spacial score (nSPS) is 26.1. The Kier molecular flexibility index (Phi) is 5.19. The molecule has 0 spiro atoms. The van der Waals surface area contributed by atoms with Gasteiger partial charge in [-0.1, -0.05) is 0 Å². The molecule has 0 aromatic heterocycles. The molecule has 5 heteroatoms. The van der Waals surface area contributed by atoms with Crippen LogP contribution in [0.25, 0.3) is 0 Å². The van der Waals surface area contributed by atoms with E-state index in [1.807, 2.05) is 6.92 Å². The minimum absolute atomic E-state index is 0.202. The Morgan fingerprint density at radius 2 is 2.21 bits per heavy atom. The number of carbonyl (C=O) groups excluding carboxylic acids is 1. The van der Waals surface area contributed by atoms with Crippen LogP contribution in [0.2, 0.25) is 0 Å². The highest BCUT2D eigenvalue weighted by Gasteiger charge is 2.39. The van der Waals surface area contributed by atoms with E-state index < -0.39 is 5.54 Å². The first-order chi connectivity index (χ1) is 9.14. The fraction of sp³-hybridized carbons (Fsp3) is 0.929. The molecule has 0 amide bonds. The summed E-state index contributed by atoms with van der Waals surface area (Å²) < 4.78 is 15.9. The maximum absolute atomic E-state index is 11.9. The van der Waals surface area contributed by atoms with Crippen molar-refractivity contribution in [3.63, 3.8) is 0 Å². The fourth-order valence-electron chi connectivity index (χ4n) is 2.38. The molecule has 2 rings (SSSR count). The Morgan fingerprint density at radius 1 is 1.42 bits per heavy atom. The lowest BCUT2D eigenvalue weighted by atomic mass is 9.98. The summed E-state index contributed by atoms with van der Waals surface area (Å²) in [6.07, 6.45) is 4.01. The summed E-state index contributed by atoms with van der Waals surface area (Å²) in [6, 6.07) is 0.465. The van der Waals surface area contributed by atoms with E-state index in [0.717, 1.165) is 39.1 Å². The van der Waals surface area contributed by atoms with E-state index in [1.54, 1.807) is 0 Å². The van der Waals surface area contributed by atoms with E-state index in [9.17, 15) is 4.79 Å². The van der Waals surface area contributed by atoms with Gasteiger partial charge in [-0.05, 0) is 32.6 Å². The minimum atomic E-state index is -0.623.